The first-order valence-electron chi connectivity index (χ1n) is 8.20. The highest BCUT2D eigenvalue weighted by molar-refractivity contribution is 6.32. The van der Waals surface area contributed by atoms with Crippen molar-refractivity contribution in [2.24, 2.45) is 5.92 Å². The van der Waals surface area contributed by atoms with Crippen LogP contribution in [-0.4, -0.2) is 16.0 Å². The zero-order chi connectivity index (χ0) is 18.4. The number of nitro benzene ring substituents is 1. The third kappa shape index (κ3) is 2.63. The number of nitro groups is 1. The van der Waals surface area contributed by atoms with Crippen molar-refractivity contribution in [1.82, 2.24) is 0 Å². The molecule has 1 heterocycles. The highest BCUT2D eigenvalue weighted by Gasteiger charge is 2.38. The number of nitrogens with one attached hydrogen (secondary N) is 1. The van der Waals surface area contributed by atoms with E-state index in [4.69, 9.17) is 11.6 Å². The van der Waals surface area contributed by atoms with Crippen LogP contribution < -0.4 is 5.32 Å². The van der Waals surface area contributed by atoms with Gasteiger partial charge in [0.15, 0.2) is 0 Å². The van der Waals surface area contributed by atoms with Gasteiger partial charge >= 0.3 is 5.97 Å². The predicted molar refractivity (Wildman–Crippen MR) is 97.9 cm³/mol. The number of nitrogens with zero attached hydrogens (tertiary/aromatic N) is 1. The Balaban J connectivity index is 1.78. The van der Waals surface area contributed by atoms with Gasteiger partial charge in [0, 0.05) is 17.7 Å². The summed E-state index contributed by atoms with van der Waals surface area (Å²) in [6, 6.07) is 9.79. The fourth-order valence-corrected chi connectivity index (χ4v) is 4.11. The van der Waals surface area contributed by atoms with E-state index in [2.05, 4.69) is 17.5 Å². The van der Waals surface area contributed by atoms with Gasteiger partial charge in [0.25, 0.3) is 5.69 Å². The second-order valence-electron chi connectivity index (χ2n) is 6.55. The largest absolute Gasteiger partial charge is 0.478 e. The average molecular weight is 371 g/mol. The number of allylic oxidation sites excluding steroid dienone is 2. The molecule has 0 saturated carbocycles. The minimum Gasteiger partial charge on any atom is -0.478 e. The molecule has 7 heteroatoms. The van der Waals surface area contributed by atoms with Crippen LogP contribution in [0.15, 0.2) is 48.6 Å². The van der Waals surface area contributed by atoms with Gasteiger partial charge < -0.3 is 10.4 Å². The van der Waals surface area contributed by atoms with Crippen LogP contribution in [0.3, 0.4) is 0 Å². The van der Waals surface area contributed by atoms with Gasteiger partial charge in [-0.3, -0.25) is 10.1 Å². The maximum atomic E-state index is 11.3. The molecule has 0 saturated heterocycles. The molecule has 3 atom stereocenters. The number of benzene rings is 2. The average Bonchev–Trinajstić information content (AvgIpc) is 3.11. The van der Waals surface area contributed by atoms with Crippen molar-refractivity contribution in [1.29, 1.82) is 0 Å². The van der Waals surface area contributed by atoms with Crippen LogP contribution in [0.2, 0.25) is 5.02 Å². The third-order valence-electron chi connectivity index (χ3n) is 5.14. The highest BCUT2D eigenvalue weighted by atomic mass is 35.5. The van der Waals surface area contributed by atoms with E-state index in [0.717, 1.165) is 23.2 Å². The Morgan fingerprint density at radius 1 is 1.27 bits per heavy atom. The molecule has 0 amide bonds. The molecule has 2 N–H and O–H groups in total. The number of aromatic carboxylic acids is 1. The van der Waals surface area contributed by atoms with Gasteiger partial charge in [-0.15, -0.1) is 0 Å². The van der Waals surface area contributed by atoms with E-state index in [0.29, 0.717) is 0 Å². The topological polar surface area (TPSA) is 92.5 Å². The smallest absolute Gasteiger partial charge is 0.335 e. The number of fused-ring (bicyclic) bond motifs is 3. The number of hydrogen-bond donors (Lipinski definition) is 2. The van der Waals surface area contributed by atoms with Gasteiger partial charge in [-0.1, -0.05) is 29.8 Å². The molecule has 1 aliphatic carbocycles. The van der Waals surface area contributed by atoms with Crippen LogP contribution in [0.1, 0.15) is 39.9 Å². The second-order valence-corrected chi connectivity index (χ2v) is 6.96. The standard InChI is InChI=1S/C19H15ClN2O4/c20-15-6-4-10(9-17(15)22(25)26)18-13-3-1-2-12(13)14-8-11(19(23)24)5-7-16(14)21-18/h1-2,4-9,12-13,18,21H,3H2,(H,23,24)/t12-,13+,18+/m1/s1. The molecule has 4 rings (SSSR count). The summed E-state index contributed by atoms with van der Waals surface area (Å²) >= 11 is 5.94. The Morgan fingerprint density at radius 3 is 2.81 bits per heavy atom. The van der Waals surface area contributed by atoms with E-state index in [1.807, 2.05) is 0 Å². The Kier molecular flexibility index (Phi) is 3.92. The van der Waals surface area contributed by atoms with E-state index in [-0.39, 0.29) is 34.2 Å². The SMILES string of the molecule is O=C(O)c1ccc2c(c1)[C@@H]1C=CC[C@@H]1[C@H](c1ccc(Cl)c([N+](=O)[O-])c1)N2. The molecule has 0 spiro atoms. The first kappa shape index (κ1) is 16.6. The summed E-state index contributed by atoms with van der Waals surface area (Å²) in [4.78, 5) is 22.0. The molecule has 132 valence electrons. The van der Waals surface area contributed by atoms with Crippen molar-refractivity contribution in [3.8, 4) is 0 Å². The Bertz CT molecular complexity index is 957. The fraction of sp³-hybridized carbons (Fsp3) is 0.211. The number of carbonyl (C=O) groups is 1. The van der Waals surface area contributed by atoms with Gasteiger partial charge in [-0.25, -0.2) is 4.79 Å². The Labute approximate surface area is 154 Å². The summed E-state index contributed by atoms with van der Waals surface area (Å²) in [5, 5.41) is 24.0. The minimum absolute atomic E-state index is 0.0743. The Hall–Kier alpha value is -2.86. The van der Waals surface area contributed by atoms with Gasteiger partial charge in [-0.05, 0) is 47.7 Å². The summed E-state index contributed by atoms with van der Waals surface area (Å²) in [5.41, 5.74) is 2.74. The predicted octanol–water partition coefficient (Wildman–Crippen LogP) is 4.77. The van der Waals surface area contributed by atoms with Crippen molar-refractivity contribution >= 4 is 28.9 Å². The summed E-state index contributed by atoms with van der Waals surface area (Å²) in [6.07, 6.45) is 4.99. The van der Waals surface area contributed by atoms with Crippen molar-refractivity contribution in [2.45, 2.75) is 18.4 Å². The summed E-state index contributed by atoms with van der Waals surface area (Å²) < 4.78 is 0. The van der Waals surface area contributed by atoms with Gasteiger partial charge in [0.2, 0.25) is 0 Å². The fourth-order valence-electron chi connectivity index (χ4n) is 3.92. The summed E-state index contributed by atoms with van der Waals surface area (Å²) in [5.74, 6) is -0.723. The van der Waals surface area contributed by atoms with E-state index >= 15 is 0 Å². The molecular weight excluding hydrogens is 356 g/mol. The monoisotopic (exact) mass is 370 g/mol. The molecule has 2 aliphatic rings. The third-order valence-corrected chi connectivity index (χ3v) is 5.46. The molecule has 6 nitrogen and oxygen atoms in total. The zero-order valence-corrected chi connectivity index (χ0v) is 14.3. The Morgan fingerprint density at radius 2 is 2.08 bits per heavy atom. The van der Waals surface area contributed by atoms with Crippen LogP contribution in [0.4, 0.5) is 11.4 Å². The molecule has 0 aromatic heterocycles. The first-order chi connectivity index (χ1) is 12.5. The van der Waals surface area contributed by atoms with Crippen LogP contribution in [-0.2, 0) is 0 Å². The molecular formula is C19H15ClN2O4. The first-order valence-corrected chi connectivity index (χ1v) is 8.58. The molecule has 2 aromatic carbocycles. The van der Waals surface area contributed by atoms with Gasteiger partial charge in [0.1, 0.15) is 5.02 Å². The van der Waals surface area contributed by atoms with E-state index in [1.54, 1.807) is 30.3 Å². The molecule has 2 aromatic rings. The lowest BCUT2D eigenvalue weighted by atomic mass is 9.76. The number of halogens is 1. The van der Waals surface area contributed by atoms with Crippen LogP contribution in [0.5, 0.6) is 0 Å². The number of rotatable bonds is 3. The number of hydrogen-bond acceptors (Lipinski definition) is 4. The molecule has 0 unspecified atom stereocenters. The summed E-state index contributed by atoms with van der Waals surface area (Å²) in [7, 11) is 0. The maximum Gasteiger partial charge on any atom is 0.335 e. The molecule has 0 bridgehead atoms. The van der Waals surface area contributed by atoms with E-state index in [9.17, 15) is 20.0 Å². The molecule has 0 radical (unpaired) electrons. The molecule has 1 aliphatic heterocycles. The zero-order valence-electron chi connectivity index (χ0n) is 13.6. The van der Waals surface area contributed by atoms with E-state index < -0.39 is 10.9 Å². The molecule has 26 heavy (non-hydrogen) atoms. The van der Waals surface area contributed by atoms with Gasteiger partial charge in [0.05, 0.1) is 16.5 Å². The lowest BCUT2D eigenvalue weighted by Crippen LogP contribution is -2.29. The normalized spacial score (nSPS) is 23.0. The number of anilines is 1. The number of carboxylic acid groups (broad SMARTS) is 1. The van der Waals surface area contributed by atoms with Crippen molar-refractivity contribution in [2.75, 3.05) is 5.32 Å². The minimum atomic E-state index is -0.957. The quantitative estimate of drug-likeness (QED) is 0.461. The second kappa shape index (κ2) is 6.14. The van der Waals surface area contributed by atoms with E-state index in [1.165, 1.54) is 6.07 Å². The summed E-state index contributed by atoms with van der Waals surface area (Å²) in [6.45, 7) is 0. The highest BCUT2D eigenvalue weighted by Crippen LogP contribution is 2.50. The van der Waals surface area contributed by atoms with Crippen molar-refractivity contribution in [3.05, 3.63) is 80.4 Å². The van der Waals surface area contributed by atoms with Crippen LogP contribution in [0.25, 0.3) is 0 Å². The maximum absolute atomic E-state index is 11.3. The lowest BCUT2D eigenvalue weighted by molar-refractivity contribution is -0.384. The molecule has 0 fully saturated rings. The van der Waals surface area contributed by atoms with Crippen LogP contribution >= 0.6 is 11.6 Å². The van der Waals surface area contributed by atoms with Gasteiger partial charge in [-0.2, -0.15) is 0 Å². The van der Waals surface area contributed by atoms with Crippen molar-refractivity contribution in [3.63, 3.8) is 0 Å². The van der Waals surface area contributed by atoms with Crippen LogP contribution in [0, 0.1) is 16.0 Å². The lowest BCUT2D eigenvalue weighted by Gasteiger charge is -2.37. The van der Waals surface area contributed by atoms with Crippen molar-refractivity contribution < 1.29 is 14.8 Å². The number of carboxylic acids is 1.